The Balaban J connectivity index is 4.15. The molecule has 0 fully saturated rings. The Kier molecular flexibility index (Phi) is 16.9. The quantitative estimate of drug-likeness (QED) is 0.241. The van der Waals surface area contributed by atoms with Crippen molar-refractivity contribution in [2.24, 2.45) is 0 Å². The van der Waals surface area contributed by atoms with Crippen molar-refractivity contribution >= 4 is 12.1 Å². The van der Waals surface area contributed by atoms with E-state index in [1.807, 2.05) is 0 Å². The van der Waals surface area contributed by atoms with Crippen LogP contribution >= 0.6 is 0 Å². The molecule has 0 aromatic heterocycles. The molecule has 0 radical (unpaired) electrons. The van der Waals surface area contributed by atoms with Gasteiger partial charge >= 0.3 is 12.1 Å². The average Bonchev–Trinajstić information content (AvgIpc) is 2.70. The highest BCUT2D eigenvalue weighted by Crippen LogP contribution is 2.05. The van der Waals surface area contributed by atoms with E-state index in [4.69, 9.17) is 15.3 Å². The minimum absolute atomic E-state index is 0.0406. The number of carbonyl (C=O) groups is 2. The van der Waals surface area contributed by atoms with Gasteiger partial charge in [0.05, 0.1) is 0 Å². The first-order valence-electron chi connectivity index (χ1n) is 9.52. The van der Waals surface area contributed by atoms with E-state index in [-0.39, 0.29) is 13.2 Å². The van der Waals surface area contributed by atoms with Crippen molar-refractivity contribution in [1.82, 2.24) is 10.2 Å². The number of rotatable bonds is 16. The second-order valence-electron chi connectivity index (χ2n) is 5.96. The van der Waals surface area contributed by atoms with Crippen LogP contribution in [0.2, 0.25) is 0 Å². The lowest BCUT2D eigenvalue weighted by molar-refractivity contribution is 0.118. The first-order chi connectivity index (χ1) is 13.7. The minimum Gasteiger partial charge on any atom is -0.445 e. The van der Waals surface area contributed by atoms with Gasteiger partial charge in [-0.05, 0) is 38.5 Å². The fraction of sp³-hybridized carbons (Fsp3) is 0.684. The lowest BCUT2D eigenvalue weighted by atomic mass is 10.2. The Bertz CT molecular complexity index is 527. The molecule has 0 saturated heterocycles. The number of nitrogens with zero attached hydrogens (tertiary/aromatic N) is 3. The van der Waals surface area contributed by atoms with Gasteiger partial charge in [-0.3, -0.25) is 0 Å². The summed E-state index contributed by atoms with van der Waals surface area (Å²) in [6.45, 7) is 5.03. The first-order valence-corrected chi connectivity index (χ1v) is 9.52. The van der Waals surface area contributed by atoms with E-state index >= 15 is 0 Å². The second-order valence-corrected chi connectivity index (χ2v) is 5.96. The highest BCUT2D eigenvalue weighted by molar-refractivity contribution is 5.90. The summed E-state index contributed by atoms with van der Waals surface area (Å²) in [6, 6.07) is -0.477. The molecule has 9 nitrogen and oxygen atoms in total. The predicted octanol–water partition coefficient (Wildman–Crippen LogP) is 3.44. The number of carbonyl (C=O) groups excluding carboxylic acids is 2. The van der Waals surface area contributed by atoms with Crippen molar-refractivity contribution in [2.75, 3.05) is 32.9 Å². The van der Waals surface area contributed by atoms with E-state index < -0.39 is 12.1 Å². The summed E-state index contributed by atoms with van der Waals surface area (Å²) in [7, 11) is 0. The lowest BCUT2D eigenvalue weighted by Gasteiger charge is -2.20. The number of hydrogen-bond acceptors (Lipinski definition) is 7. The maximum atomic E-state index is 12.3. The van der Waals surface area contributed by atoms with Crippen molar-refractivity contribution in [3.63, 3.8) is 0 Å². The molecule has 0 saturated carbocycles. The molecule has 0 heterocycles. The van der Waals surface area contributed by atoms with Gasteiger partial charge < -0.3 is 19.5 Å². The molecule has 0 atom stereocenters. The molecule has 0 aliphatic carbocycles. The van der Waals surface area contributed by atoms with Crippen LogP contribution in [0.1, 0.15) is 51.4 Å². The number of nitriles is 2. The molecule has 0 unspecified atom stereocenters. The fourth-order valence-electron chi connectivity index (χ4n) is 2.32. The number of urea groups is 1. The van der Waals surface area contributed by atoms with Gasteiger partial charge in [-0.25, -0.2) is 14.5 Å². The number of nitrogens with one attached hydrogen (secondary N) is 1. The predicted molar refractivity (Wildman–Crippen MR) is 102 cm³/mol. The van der Waals surface area contributed by atoms with Crippen LogP contribution in [0, 0.1) is 23.0 Å². The van der Waals surface area contributed by atoms with Crippen LogP contribution in [0.15, 0.2) is 12.7 Å². The van der Waals surface area contributed by atoms with Gasteiger partial charge in [0.15, 0.2) is 0 Å². The average molecular weight is 394 g/mol. The van der Waals surface area contributed by atoms with Gasteiger partial charge in [0, 0.05) is 13.1 Å². The normalized spacial score (nSPS) is 9.50. The van der Waals surface area contributed by atoms with Crippen molar-refractivity contribution in [2.45, 2.75) is 51.4 Å². The number of unbranched alkanes of at least 4 members (excludes halogenated alkanes) is 6. The number of hydrogen-bond donors (Lipinski definition) is 1. The maximum absolute atomic E-state index is 12.3. The zero-order valence-corrected chi connectivity index (χ0v) is 16.4. The topological polar surface area (TPSA) is 125 Å². The SMILES string of the molecule is C=CCOC(=O)N(CCCCCCOC#N)C(=O)NCCCCCCOC#N. The van der Waals surface area contributed by atoms with Crippen LogP contribution in [0.3, 0.4) is 0 Å². The lowest BCUT2D eigenvalue weighted by Crippen LogP contribution is -2.45. The van der Waals surface area contributed by atoms with Gasteiger partial charge in [-0.2, -0.15) is 10.5 Å². The molecule has 0 rings (SSSR count). The van der Waals surface area contributed by atoms with Crippen molar-refractivity contribution in [3.05, 3.63) is 12.7 Å². The van der Waals surface area contributed by atoms with E-state index in [1.54, 1.807) is 12.5 Å². The van der Waals surface area contributed by atoms with Crippen LogP contribution in [0.25, 0.3) is 0 Å². The Hall–Kier alpha value is -2.94. The standard InChI is InChI=1S/C19H30N4O5/c1-2-13-28-19(25)23(12-8-4-6-10-15-27-17-21)18(24)22-11-7-3-5-9-14-26-16-20/h2H,1,3-15H2,(H,22,24). The molecule has 3 amide bonds. The highest BCUT2D eigenvalue weighted by atomic mass is 16.6. The van der Waals surface area contributed by atoms with Gasteiger partial charge in [-0.15, -0.1) is 0 Å². The number of ether oxygens (including phenoxy) is 3. The molecule has 28 heavy (non-hydrogen) atoms. The summed E-state index contributed by atoms with van der Waals surface area (Å²) in [5.41, 5.74) is 0. The smallest absolute Gasteiger partial charge is 0.418 e. The van der Waals surface area contributed by atoms with E-state index in [0.717, 1.165) is 49.8 Å². The van der Waals surface area contributed by atoms with Gasteiger partial charge in [0.2, 0.25) is 0 Å². The summed E-state index contributed by atoms with van der Waals surface area (Å²) in [4.78, 5) is 25.5. The molecule has 0 aromatic rings. The third-order valence-electron chi connectivity index (χ3n) is 3.75. The maximum Gasteiger partial charge on any atom is 0.418 e. The monoisotopic (exact) mass is 394 g/mol. The Labute approximate surface area is 166 Å². The largest absolute Gasteiger partial charge is 0.445 e. The molecular formula is C19H30N4O5. The van der Waals surface area contributed by atoms with Gasteiger partial charge in [-0.1, -0.05) is 25.5 Å². The zero-order valence-electron chi connectivity index (χ0n) is 16.4. The summed E-state index contributed by atoms with van der Waals surface area (Å²) >= 11 is 0. The van der Waals surface area contributed by atoms with Crippen LogP contribution in [-0.2, 0) is 14.2 Å². The first kappa shape index (κ1) is 25.1. The van der Waals surface area contributed by atoms with Crippen molar-refractivity contribution in [1.29, 1.82) is 10.5 Å². The highest BCUT2D eigenvalue weighted by Gasteiger charge is 2.21. The third-order valence-corrected chi connectivity index (χ3v) is 3.75. The minimum atomic E-state index is -0.695. The Morgan fingerprint density at radius 1 is 0.929 bits per heavy atom. The molecule has 0 spiro atoms. The van der Waals surface area contributed by atoms with E-state index in [0.29, 0.717) is 26.2 Å². The zero-order chi connectivity index (χ0) is 20.9. The van der Waals surface area contributed by atoms with Gasteiger partial charge in [0.25, 0.3) is 12.5 Å². The van der Waals surface area contributed by atoms with Crippen LogP contribution < -0.4 is 5.32 Å². The van der Waals surface area contributed by atoms with Crippen molar-refractivity contribution in [3.8, 4) is 12.5 Å². The number of imide groups is 1. The fourth-order valence-corrected chi connectivity index (χ4v) is 2.32. The molecule has 1 N–H and O–H groups in total. The second kappa shape index (κ2) is 18.8. The van der Waals surface area contributed by atoms with Crippen LogP contribution in [0.5, 0.6) is 0 Å². The molecule has 0 aromatic carbocycles. The summed E-state index contributed by atoms with van der Waals surface area (Å²) < 4.78 is 14.2. The van der Waals surface area contributed by atoms with E-state index in [9.17, 15) is 9.59 Å². The van der Waals surface area contributed by atoms with E-state index in [1.165, 1.54) is 6.08 Å². The summed E-state index contributed by atoms with van der Waals surface area (Å²) in [5.74, 6) is 0. The van der Waals surface area contributed by atoms with Gasteiger partial charge in [0.1, 0.15) is 19.8 Å². The van der Waals surface area contributed by atoms with Crippen LogP contribution in [0.4, 0.5) is 9.59 Å². The summed E-state index contributed by atoms with van der Waals surface area (Å²) in [6.07, 6.45) is 10.4. The molecule has 156 valence electrons. The molecule has 0 aliphatic heterocycles. The molecule has 9 heteroatoms. The van der Waals surface area contributed by atoms with E-state index in [2.05, 4.69) is 21.4 Å². The Morgan fingerprint density at radius 2 is 1.50 bits per heavy atom. The number of amides is 3. The Morgan fingerprint density at radius 3 is 2.07 bits per heavy atom. The molecule has 0 bridgehead atoms. The van der Waals surface area contributed by atoms with Crippen molar-refractivity contribution < 1.29 is 23.8 Å². The van der Waals surface area contributed by atoms with Crippen LogP contribution in [-0.4, -0.2) is 49.9 Å². The summed E-state index contributed by atoms with van der Waals surface area (Å²) in [5, 5.41) is 19.3. The molecular weight excluding hydrogens is 364 g/mol. The molecule has 0 aliphatic rings. The third kappa shape index (κ3) is 14.3.